The van der Waals surface area contributed by atoms with E-state index in [0.29, 0.717) is 12.3 Å². The Balaban J connectivity index is 1.73. The first-order valence-corrected chi connectivity index (χ1v) is 7.76. The normalized spacial score (nSPS) is 10.5. The summed E-state index contributed by atoms with van der Waals surface area (Å²) in [5.41, 5.74) is 1.80. The van der Waals surface area contributed by atoms with Crippen LogP contribution in [0.3, 0.4) is 0 Å². The average molecular weight is 339 g/mol. The van der Waals surface area contributed by atoms with E-state index in [0.717, 1.165) is 11.3 Å². The molecule has 0 bridgehead atoms. The lowest BCUT2D eigenvalue weighted by atomic mass is 10.1. The molecule has 1 heterocycles. The summed E-state index contributed by atoms with van der Waals surface area (Å²) in [6.07, 6.45) is 3.55. The Labute approximate surface area is 145 Å². The average Bonchev–Trinajstić information content (AvgIpc) is 3.10. The summed E-state index contributed by atoms with van der Waals surface area (Å²) < 4.78 is 20.8. The maximum absolute atomic E-state index is 14.1. The number of methoxy groups -OCH3 is 1. The van der Waals surface area contributed by atoms with Crippen molar-refractivity contribution in [1.29, 1.82) is 0 Å². The summed E-state index contributed by atoms with van der Waals surface area (Å²) in [4.78, 5) is 13.9. The van der Waals surface area contributed by atoms with Crippen molar-refractivity contribution >= 4 is 5.91 Å². The van der Waals surface area contributed by atoms with E-state index in [9.17, 15) is 9.18 Å². The van der Waals surface area contributed by atoms with E-state index < -0.39 is 11.7 Å². The van der Waals surface area contributed by atoms with Gasteiger partial charge in [-0.3, -0.25) is 4.79 Å². The van der Waals surface area contributed by atoms with Crippen molar-refractivity contribution in [2.75, 3.05) is 14.2 Å². The van der Waals surface area contributed by atoms with Crippen LogP contribution in [0.2, 0.25) is 0 Å². The summed E-state index contributed by atoms with van der Waals surface area (Å²) in [5, 5.41) is 4.30. The predicted molar refractivity (Wildman–Crippen MR) is 92.3 cm³/mol. The van der Waals surface area contributed by atoms with Gasteiger partial charge in [0, 0.05) is 31.4 Å². The third-order valence-electron chi connectivity index (χ3n) is 3.83. The number of amides is 1. The van der Waals surface area contributed by atoms with Crippen LogP contribution in [0, 0.1) is 5.82 Å². The molecular weight excluding hydrogens is 321 g/mol. The fourth-order valence-electron chi connectivity index (χ4n) is 2.51. The molecule has 25 heavy (non-hydrogen) atoms. The minimum absolute atomic E-state index is 0.0127. The van der Waals surface area contributed by atoms with Gasteiger partial charge in [-0.2, -0.15) is 5.10 Å². The summed E-state index contributed by atoms with van der Waals surface area (Å²) in [5.74, 6) is -0.621. The van der Waals surface area contributed by atoms with Crippen LogP contribution in [0.4, 0.5) is 4.39 Å². The second-order valence-corrected chi connectivity index (χ2v) is 5.64. The monoisotopic (exact) mass is 339 g/mol. The first kappa shape index (κ1) is 16.7. The molecule has 1 aromatic heterocycles. The zero-order chi connectivity index (χ0) is 17.8. The molecule has 0 N–H and O–H groups in total. The number of hydrogen-bond donors (Lipinski definition) is 0. The van der Waals surface area contributed by atoms with Gasteiger partial charge in [-0.15, -0.1) is 0 Å². The fraction of sp³-hybridized carbons (Fsp3) is 0.158. The van der Waals surface area contributed by atoms with Crippen molar-refractivity contribution in [3.63, 3.8) is 0 Å². The van der Waals surface area contributed by atoms with Gasteiger partial charge in [0.15, 0.2) is 0 Å². The third-order valence-corrected chi connectivity index (χ3v) is 3.83. The van der Waals surface area contributed by atoms with Gasteiger partial charge in [0.25, 0.3) is 5.91 Å². The Morgan fingerprint density at radius 1 is 1.24 bits per heavy atom. The predicted octanol–water partition coefficient (Wildman–Crippen LogP) is 3.29. The molecule has 1 amide bonds. The number of rotatable bonds is 5. The number of carbonyl (C=O) groups is 1. The maximum Gasteiger partial charge on any atom is 0.256 e. The lowest BCUT2D eigenvalue weighted by Crippen LogP contribution is -2.26. The second kappa shape index (κ2) is 7.17. The molecule has 0 atom stereocenters. The first-order valence-electron chi connectivity index (χ1n) is 7.76. The van der Waals surface area contributed by atoms with Gasteiger partial charge in [0.1, 0.15) is 11.6 Å². The summed E-state index contributed by atoms with van der Waals surface area (Å²) in [6, 6.07) is 13.9. The van der Waals surface area contributed by atoms with Crippen molar-refractivity contribution in [2.24, 2.45) is 0 Å². The Morgan fingerprint density at radius 3 is 2.68 bits per heavy atom. The molecule has 0 spiro atoms. The molecule has 3 rings (SSSR count). The van der Waals surface area contributed by atoms with E-state index in [-0.39, 0.29) is 5.56 Å². The molecule has 0 aliphatic heterocycles. The van der Waals surface area contributed by atoms with E-state index >= 15 is 0 Å². The minimum atomic E-state index is -0.601. The number of halogens is 1. The highest BCUT2D eigenvalue weighted by Crippen LogP contribution is 2.18. The van der Waals surface area contributed by atoms with Crippen molar-refractivity contribution in [3.8, 4) is 11.4 Å². The van der Waals surface area contributed by atoms with Gasteiger partial charge < -0.3 is 9.64 Å². The van der Waals surface area contributed by atoms with Crippen LogP contribution in [0.5, 0.6) is 5.75 Å². The molecule has 3 aromatic rings. The van der Waals surface area contributed by atoms with Crippen LogP contribution in [-0.4, -0.2) is 34.7 Å². The Bertz CT molecular complexity index is 877. The van der Waals surface area contributed by atoms with Gasteiger partial charge in [-0.05, 0) is 24.3 Å². The van der Waals surface area contributed by atoms with Crippen LogP contribution < -0.4 is 4.74 Å². The third kappa shape index (κ3) is 3.68. The molecule has 0 radical (unpaired) electrons. The molecule has 6 heteroatoms. The first-order chi connectivity index (χ1) is 12.1. The van der Waals surface area contributed by atoms with Crippen LogP contribution in [0.15, 0.2) is 60.9 Å². The van der Waals surface area contributed by atoms with Gasteiger partial charge >= 0.3 is 0 Å². The molecule has 0 saturated carbocycles. The van der Waals surface area contributed by atoms with E-state index in [1.807, 2.05) is 36.5 Å². The highest BCUT2D eigenvalue weighted by molar-refractivity contribution is 5.94. The van der Waals surface area contributed by atoms with Crippen LogP contribution in [-0.2, 0) is 6.54 Å². The number of benzene rings is 2. The largest absolute Gasteiger partial charge is 0.497 e. The van der Waals surface area contributed by atoms with E-state index in [1.165, 1.54) is 24.1 Å². The minimum Gasteiger partial charge on any atom is -0.497 e. The lowest BCUT2D eigenvalue weighted by Gasteiger charge is -2.17. The molecule has 0 aliphatic carbocycles. The van der Waals surface area contributed by atoms with Crippen molar-refractivity contribution in [3.05, 3.63) is 77.9 Å². The SMILES string of the molecule is COc1ccc(C(=O)N(C)Cc2cnn(-c3ccccc3)c2)c(F)c1. The van der Waals surface area contributed by atoms with Gasteiger partial charge in [-0.1, -0.05) is 18.2 Å². The molecular formula is C19H18FN3O2. The topological polar surface area (TPSA) is 47.4 Å². The van der Waals surface area contributed by atoms with E-state index in [2.05, 4.69) is 5.10 Å². The zero-order valence-corrected chi connectivity index (χ0v) is 14.0. The molecule has 2 aromatic carbocycles. The number of carbonyl (C=O) groups excluding carboxylic acids is 1. The van der Waals surface area contributed by atoms with E-state index in [1.54, 1.807) is 24.0 Å². The van der Waals surface area contributed by atoms with Gasteiger partial charge in [0.05, 0.1) is 24.6 Å². The van der Waals surface area contributed by atoms with Crippen molar-refractivity contribution < 1.29 is 13.9 Å². The lowest BCUT2D eigenvalue weighted by molar-refractivity contribution is 0.0780. The summed E-state index contributed by atoms with van der Waals surface area (Å²) >= 11 is 0. The maximum atomic E-state index is 14.1. The Kier molecular flexibility index (Phi) is 4.79. The highest BCUT2D eigenvalue weighted by atomic mass is 19.1. The number of ether oxygens (including phenoxy) is 1. The molecule has 0 unspecified atom stereocenters. The standard InChI is InChI=1S/C19H18FN3O2/c1-22(19(24)17-9-8-16(25-2)10-18(17)20)12-14-11-21-23(13-14)15-6-4-3-5-7-15/h3-11,13H,12H2,1-2H3. The molecule has 0 aliphatic rings. The zero-order valence-electron chi connectivity index (χ0n) is 14.0. The Hall–Kier alpha value is -3.15. The molecule has 5 nitrogen and oxygen atoms in total. The van der Waals surface area contributed by atoms with E-state index in [4.69, 9.17) is 4.74 Å². The summed E-state index contributed by atoms with van der Waals surface area (Å²) in [7, 11) is 3.08. The number of hydrogen-bond acceptors (Lipinski definition) is 3. The van der Waals surface area contributed by atoms with Crippen molar-refractivity contribution in [1.82, 2.24) is 14.7 Å². The molecule has 128 valence electrons. The van der Waals surface area contributed by atoms with Gasteiger partial charge in [0.2, 0.25) is 0 Å². The quantitative estimate of drug-likeness (QED) is 0.717. The van der Waals surface area contributed by atoms with Crippen LogP contribution in [0.25, 0.3) is 5.69 Å². The number of aromatic nitrogens is 2. The molecule has 0 fully saturated rings. The highest BCUT2D eigenvalue weighted by Gasteiger charge is 2.17. The van der Waals surface area contributed by atoms with Crippen LogP contribution >= 0.6 is 0 Å². The fourth-order valence-corrected chi connectivity index (χ4v) is 2.51. The van der Waals surface area contributed by atoms with Crippen LogP contribution in [0.1, 0.15) is 15.9 Å². The number of nitrogens with zero attached hydrogens (tertiary/aromatic N) is 3. The molecule has 0 saturated heterocycles. The number of para-hydroxylation sites is 1. The smallest absolute Gasteiger partial charge is 0.256 e. The van der Waals surface area contributed by atoms with Gasteiger partial charge in [-0.25, -0.2) is 9.07 Å². The second-order valence-electron chi connectivity index (χ2n) is 5.64. The summed E-state index contributed by atoms with van der Waals surface area (Å²) in [6.45, 7) is 0.330. The Morgan fingerprint density at radius 2 is 2.00 bits per heavy atom. The van der Waals surface area contributed by atoms with Crippen molar-refractivity contribution in [2.45, 2.75) is 6.54 Å².